The molecule has 1 aromatic carbocycles. The van der Waals surface area contributed by atoms with Crippen molar-refractivity contribution in [1.82, 2.24) is 14.1 Å². The Labute approximate surface area is 124 Å². The fraction of sp³-hybridized carbons (Fsp3) is 0.357. The molecule has 0 bridgehead atoms. The van der Waals surface area contributed by atoms with E-state index in [1.807, 2.05) is 20.0 Å². The molecule has 0 atom stereocenters. The normalized spacial score (nSPS) is 12.0. The van der Waals surface area contributed by atoms with Crippen LogP contribution in [0.1, 0.15) is 18.2 Å². The summed E-state index contributed by atoms with van der Waals surface area (Å²) in [6.07, 6.45) is 1.84. The minimum absolute atomic E-state index is 0.0759. The van der Waals surface area contributed by atoms with Gasteiger partial charge in [-0.15, -0.1) is 0 Å². The van der Waals surface area contributed by atoms with Gasteiger partial charge in [-0.2, -0.15) is 9.40 Å². The van der Waals surface area contributed by atoms with E-state index in [0.717, 1.165) is 29.9 Å². The molecular formula is C14H18FN3O2S. The van der Waals surface area contributed by atoms with E-state index in [2.05, 4.69) is 5.10 Å². The van der Waals surface area contributed by atoms with Crippen LogP contribution in [0.15, 0.2) is 35.4 Å². The number of nitrogens with zero attached hydrogens (tertiary/aromatic N) is 3. The van der Waals surface area contributed by atoms with Crippen molar-refractivity contribution in [3.8, 4) is 0 Å². The molecule has 1 heterocycles. The molecule has 0 saturated heterocycles. The molecular weight excluding hydrogens is 293 g/mol. The lowest BCUT2D eigenvalue weighted by Crippen LogP contribution is -2.26. The summed E-state index contributed by atoms with van der Waals surface area (Å²) >= 11 is 0. The molecule has 2 aromatic rings. The van der Waals surface area contributed by atoms with E-state index in [9.17, 15) is 12.8 Å². The number of rotatable bonds is 5. The monoisotopic (exact) mass is 311 g/mol. The molecule has 0 saturated carbocycles. The molecule has 2 rings (SSSR count). The number of hydrogen-bond donors (Lipinski definition) is 0. The van der Waals surface area contributed by atoms with E-state index >= 15 is 0 Å². The van der Waals surface area contributed by atoms with Crippen LogP contribution in [0.4, 0.5) is 4.39 Å². The Hall–Kier alpha value is -1.73. The Morgan fingerprint density at radius 2 is 1.90 bits per heavy atom. The maximum absolute atomic E-state index is 12.9. The molecule has 0 aliphatic carbocycles. The van der Waals surface area contributed by atoms with Crippen LogP contribution in [0.25, 0.3) is 0 Å². The van der Waals surface area contributed by atoms with Crippen LogP contribution in [-0.4, -0.2) is 29.6 Å². The average molecular weight is 311 g/mol. The SMILES string of the molecule is CCn1cc(CN(C)S(=O)(=O)c2ccc(F)cc2)c(C)n1. The Bertz CT molecular complexity index is 723. The van der Waals surface area contributed by atoms with Crippen LogP contribution in [0, 0.1) is 12.7 Å². The Morgan fingerprint density at radius 1 is 1.29 bits per heavy atom. The summed E-state index contributed by atoms with van der Waals surface area (Å²) in [4.78, 5) is 0.0759. The van der Waals surface area contributed by atoms with Gasteiger partial charge in [-0.1, -0.05) is 0 Å². The van der Waals surface area contributed by atoms with Gasteiger partial charge >= 0.3 is 0 Å². The van der Waals surface area contributed by atoms with Crippen molar-refractivity contribution in [2.24, 2.45) is 0 Å². The minimum Gasteiger partial charge on any atom is -0.272 e. The fourth-order valence-electron chi connectivity index (χ4n) is 1.99. The standard InChI is InChI=1S/C14H18FN3O2S/c1-4-18-10-12(11(2)16-18)9-17(3)21(19,20)14-7-5-13(15)6-8-14/h5-8,10H,4,9H2,1-3H3. The number of halogens is 1. The van der Waals surface area contributed by atoms with Crippen molar-refractivity contribution in [3.63, 3.8) is 0 Å². The van der Waals surface area contributed by atoms with Crippen LogP contribution in [0.5, 0.6) is 0 Å². The largest absolute Gasteiger partial charge is 0.272 e. The number of hydrogen-bond acceptors (Lipinski definition) is 3. The summed E-state index contributed by atoms with van der Waals surface area (Å²) in [5.74, 6) is -0.461. The zero-order chi connectivity index (χ0) is 15.6. The number of benzene rings is 1. The summed E-state index contributed by atoms with van der Waals surface area (Å²) < 4.78 is 40.7. The molecule has 0 amide bonds. The van der Waals surface area contributed by atoms with Crippen molar-refractivity contribution in [1.29, 1.82) is 0 Å². The molecule has 0 radical (unpaired) electrons. The second-order valence-corrected chi connectivity index (χ2v) is 6.86. The molecule has 0 aliphatic rings. The maximum atomic E-state index is 12.9. The first-order chi connectivity index (χ1) is 9.84. The van der Waals surface area contributed by atoms with Gasteiger partial charge in [0.25, 0.3) is 0 Å². The van der Waals surface area contributed by atoms with Gasteiger partial charge in [0, 0.05) is 31.9 Å². The van der Waals surface area contributed by atoms with Gasteiger partial charge < -0.3 is 0 Å². The molecule has 5 nitrogen and oxygen atoms in total. The lowest BCUT2D eigenvalue weighted by atomic mass is 10.3. The van der Waals surface area contributed by atoms with E-state index in [-0.39, 0.29) is 11.4 Å². The number of aryl methyl sites for hydroxylation is 2. The molecule has 114 valence electrons. The highest BCUT2D eigenvalue weighted by Crippen LogP contribution is 2.18. The van der Waals surface area contributed by atoms with Crippen molar-refractivity contribution in [2.75, 3.05) is 7.05 Å². The number of sulfonamides is 1. The Balaban J connectivity index is 2.24. The van der Waals surface area contributed by atoms with E-state index in [4.69, 9.17) is 0 Å². The topological polar surface area (TPSA) is 55.2 Å². The summed E-state index contributed by atoms with van der Waals surface area (Å²) in [6, 6.07) is 4.81. The molecule has 0 N–H and O–H groups in total. The minimum atomic E-state index is -3.64. The lowest BCUT2D eigenvalue weighted by Gasteiger charge is -2.16. The first kappa shape index (κ1) is 15.7. The van der Waals surface area contributed by atoms with Crippen LogP contribution >= 0.6 is 0 Å². The van der Waals surface area contributed by atoms with E-state index in [1.165, 1.54) is 23.5 Å². The van der Waals surface area contributed by atoms with Gasteiger partial charge in [0.1, 0.15) is 5.82 Å². The van der Waals surface area contributed by atoms with Crippen molar-refractivity contribution < 1.29 is 12.8 Å². The van der Waals surface area contributed by atoms with Crippen molar-refractivity contribution in [3.05, 3.63) is 47.5 Å². The molecule has 7 heteroatoms. The van der Waals surface area contributed by atoms with E-state index < -0.39 is 15.8 Å². The third-order valence-corrected chi connectivity index (χ3v) is 5.10. The lowest BCUT2D eigenvalue weighted by molar-refractivity contribution is 0.465. The zero-order valence-corrected chi connectivity index (χ0v) is 13.1. The van der Waals surface area contributed by atoms with Gasteiger partial charge in [-0.3, -0.25) is 4.68 Å². The molecule has 1 aromatic heterocycles. The highest BCUT2D eigenvalue weighted by Gasteiger charge is 2.22. The smallest absolute Gasteiger partial charge is 0.243 e. The second-order valence-electron chi connectivity index (χ2n) is 4.81. The first-order valence-electron chi connectivity index (χ1n) is 6.59. The number of aromatic nitrogens is 2. The predicted molar refractivity (Wildman–Crippen MR) is 77.7 cm³/mol. The third kappa shape index (κ3) is 3.30. The van der Waals surface area contributed by atoms with Crippen molar-refractivity contribution in [2.45, 2.75) is 31.8 Å². The Morgan fingerprint density at radius 3 is 2.43 bits per heavy atom. The zero-order valence-electron chi connectivity index (χ0n) is 12.2. The van der Waals surface area contributed by atoms with Crippen LogP contribution in [0.3, 0.4) is 0 Å². The second kappa shape index (κ2) is 5.95. The first-order valence-corrected chi connectivity index (χ1v) is 8.03. The van der Waals surface area contributed by atoms with Gasteiger partial charge in [0.05, 0.1) is 10.6 Å². The van der Waals surface area contributed by atoms with Gasteiger partial charge in [0.15, 0.2) is 0 Å². The van der Waals surface area contributed by atoms with Crippen molar-refractivity contribution >= 4 is 10.0 Å². The molecule has 0 aliphatic heterocycles. The maximum Gasteiger partial charge on any atom is 0.243 e. The Kier molecular flexibility index (Phi) is 4.43. The molecule has 0 unspecified atom stereocenters. The van der Waals surface area contributed by atoms with Crippen LogP contribution in [-0.2, 0) is 23.1 Å². The van der Waals surface area contributed by atoms with Gasteiger partial charge in [0.2, 0.25) is 10.0 Å². The quantitative estimate of drug-likeness (QED) is 0.850. The van der Waals surface area contributed by atoms with E-state index in [1.54, 1.807) is 4.68 Å². The average Bonchev–Trinajstić information content (AvgIpc) is 2.80. The third-order valence-electron chi connectivity index (χ3n) is 3.29. The molecule has 21 heavy (non-hydrogen) atoms. The van der Waals surface area contributed by atoms with Gasteiger partial charge in [-0.25, -0.2) is 12.8 Å². The predicted octanol–water partition coefficient (Wildman–Crippen LogP) is 2.17. The fourth-order valence-corrected chi connectivity index (χ4v) is 3.14. The molecule has 0 spiro atoms. The summed E-state index contributed by atoms with van der Waals surface area (Å²) in [7, 11) is -2.14. The highest BCUT2D eigenvalue weighted by atomic mass is 32.2. The van der Waals surface area contributed by atoms with E-state index in [0.29, 0.717) is 0 Å². The summed E-state index contributed by atoms with van der Waals surface area (Å²) in [5.41, 5.74) is 1.66. The summed E-state index contributed by atoms with van der Waals surface area (Å²) in [6.45, 7) is 4.77. The summed E-state index contributed by atoms with van der Waals surface area (Å²) in [5, 5.41) is 4.29. The highest BCUT2D eigenvalue weighted by molar-refractivity contribution is 7.89. The molecule has 0 fully saturated rings. The van der Waals surface area contributed by atoms with Gasteiger partial charge in [-0.05, 0) is 38.1 Å². The van der Waals surface area contributed by atoms with Crippen LogP contribution < -0.4 is 0 Å². The van der Waals surface area contributed by atoms with Crippen LogP contribution in [0.2, 0.25) is 0 Å².